The smallest absolute Gasteiger partial charge is 0.195 e. The second-order valence-electron chi connectivity index (χ2n) is 7.81. The van der Waals surface area contributed by atoms with E-state index in [0.29, 0.717) is 50.6 Å². The van der Waals surface area contributed by atoms with Crippen molar-refractivity contribution < 1.29 is 30.0 Å². The van der Waals surface area contributed by atoms with Gasteiger partial charge >= 0.3 is 0 Å². The highest BCUT2D eigenvalue weighted by molar-refractivity contribution is 6.31. The molecule has 0 saturated carbocycles. The SMILES string of the molecule is O=C1C2=C(C(=O)c3c(NCCNCCO)ccc(NCCNCCO)c31)C(O)CCC2O. The first-order valence-electron chi connectivity index (χ1n) is 11.0. The summed E-state index contributed by atoms with van der Waals surface area (Å²) in [5, 5.41) is 51.0. The maximum Gasteiger partial charge on any atom is 0.195 e. The van der Waals surface area contributed by atoms with Gasteiger partial charge in [0.2, 0.25) is 0 Å². The molecule has 1 aromatic rings. The molecule has 2 atom stereocenters. The van der Waals surface area contributed by atoms with Crippen LogP contribution >= 0.6 is 0 Å². The number of rotatable bonds is 12. The molecule has 176 valence electrons. The molecule has 2 unspecified atom stereocenters. The lowest BCUT2D eigenvalue weighted by Crippen LogP contribution is -2.39. The Balaban J connectivity index is 1.93. The van der Waals surface area contributed by atoms with Gasteiger partial charge in [-0.05, 0) is 25.0 Å². The highest BCUT2D eigenvalue weighted by Crippen LogP contribution is 2.41. The van der Waals surface area contributed by atoms with E-state index >= 15 is 0 Å². The number of hydrogen-bond donors (Lipinski definition) is 8. The number of carbonyl (C=O) groups excluding carboxylic acids is 2. The van der Waals surface area contributed by atoms with E-state index in [4.69, 9.17) is 10.2 Å². The van der Waals surface area contributed by atoms with Crippen molar-refractivity contribution in [3.8, 4) is 0 Å². The quantitative estimate of drug-likeness (QED) is 0.184. The standard InChI is InChI=1S/C22H32N4O6/c27-11-9-23-5-7-25-13-1-2-14(26-8-6-24-10-12-28)18-17(13)21(31)19-15(29)3-4-16(30)20(19)22(18)32/h1-2,15-16,23-30H,3-12H2. The van der Waals surface area contributed by atoms with Crippen molar-refractivity contribution in [2.45, 2.75) is 25.0 Å². The molecule has 0 radical (unpaired) electrons. The van der Waals surface area contributed by atoms with Gasteiger partial charge in [-0.1, -0.05) is 0 Å². The normalized spacial score (nSPS) is 20.2. The predicted molar refractivity (Wildman–Crippen MR) is 120 cm³/mol. The van der Waals surface area contributed by atoms with E-state index in [1.807, 2.05) is 0 Å². The van der Waals surface area contributed by atoms with Crippen molar-refractivity contribution >= 4 is 22.9 Å². The van der Waals surface area contributed by atoms with Crippen molar-refractivity contribution in [2.24, 2.45) is 0 Å². The van der Waals surface area contributed by atoms with Crippen LogP contribution in [0.25, 0.3) is 0 Å². The van der Waals surface area contributed by atoms with E-state index in [1.165, 1.54) is 0 Å². The molecule has 0 spiro atoms. The molecule has 2 aliphatic carbocycles. The van der Waals surface area contributed by atoms with Gasteiger partial charge in [-0.15, -0.1) is 0 Å². The molecule has 0 heterocycles. The van der Waals surface area contributed by atoms with Crippen molar-refractivity contribution in [1.82, 2.24) is 10.6 Å². The molecule has 0 aromatic heterocycles. The lowest BCUT2D eigenvalue weighted by molar-refractivity contribution is 0.0810. The molecule has 2 aliphatic rings. The summed E-state index contributed by atoms with van der Waals surface area (Å²) < 4.78 is 0. The van der Waals surface area contributed by atoms with E-state index in [1.54, 1.807) is 12.1 Å². The average Bonchev–Trinajstić information content (AvgIpc) is 2.78. The Labute approximate surface area is 186 Å². The monoisotopic (exact) mass is 448 g/mol. The van der Waals surface area contributed by atoms with E-state index in [9.17, 15) is 19.8 Å². The van der Waals surface area contributed by atoms with Crippen LogP contribution in [0.1, 0.15) is 33.6 Å². The number of aliphatic hydroxyl groups is 4. The molecular formula is C22H32N4O6. The summed E-state index contributed by atoms with van der Waals surface area (Å²) in [5.41, 5.74) is 1.32. The molecule has 3 rings (SSSR count). The lowest BCUT2D eigenvalue weighted by atomic mass is 9.74. The number of benzene rings is 1. The fourth-order valence-corrected chi connectivity index (χ4v) is 4.13. The number of fused-ring (bicyclic) bond motifs is 1. The van der Waals surface area contributed by atoms with Crippen LogP contribution in [0.3, 0.4) is 0 Å². The number of Topliss-reactive ketones (excluding diaryl/α,β-unsaturated/α-hetero) is 2. The zero-order valence-electron chi connectivity index (χ0n) is 18.0. The van der Waals surface area contributed by atoms with Gasteiger partial charge in [-0.2, -0.15) is 0 Å². The number of carbonyl (C=O) groups is 2. The molecule has 10 heteroatoms. The molecule has 8 N–H and O–H groups in total. The molecule has 0 bridgehead atoms. The van der Waals surface area contributed by atoms with Crippen molar-refractivity contribution in [1.29, 1.82) is 0 Å². The molecule has 0 saturated heterocycles. The van der Waals surface area contributed by atoms with Gasteiger partial charge in [-0.3, -0.25) is 9.59 Å². The zero-order chi connectivity index (χ0) is 23.1. The highest BCUT2D eigenvalue weighted by atomic mass is 16.3. The fraction of sp³-hybridized carbons (Fsp3) is 0.545. The number of anilines is 2. The highest BCUT2D eigenvalue weighted by Gasteiger charge is 2.43. The summed E-state index contributed by atoms with van der Waals surface area (Å²) in [7, 11) is 0. The third-order valence-electron chi connectivity index (χ3n) is 5.63. The van der Waals surface area contributed by atoms with Crippen LogP contribution in [0, 0.1) is 0 Å². The third-order valence-corrected chi connectivity index (χ3v) is 5.63. The Morgan fingerprint density at radius 1 is 0.688 bits per heavy atom. The van der Waals surface area contributed by atoms with Crippen LogP contribution in [0.4, 0.5) is 11.4 Å². The second-order valence-corrected chi connectivity index (χ2v) is 7.81. The third kappa shape index (κ3) is 5.17. The van der Waals surface area contributed by atoms with Gasteiger partial charge in [0.05, 0.1) is 36.5 Å². The van der Waals surface area contributed by atoms with Gasteiger partial charge in [0.15, 0.2) is 11.6 Å². The lowest BCUT2D eigenvalue weighted by Gasteiger charge is -2.33. The maximum absolute atomic E-state index is 13.4. The summed E-state index contributed by atoms with van der Waals surface area (Å²) in [6, 6.07) is 3.44. The van der Waals surface area contributed by atoms with Gasteiger partial charge in [-0.25, -0.2) is 0 Å². The minimum absolute atomic E-state index is 0.00975. The van der Waals surface area contributed by atoms with Crippen LogP contribution in [0.2, 0.25) is 0 Å². The van der Waals surface area contributed by atoms with E-state index in [-0.39, 0.29) is 48.3 Å². The van der Waals surface area contributed by atoms with Gasteiger partial charge < -0.3 is 41.7 Å². The first kappa shape index (κ1) is 24.3. The Bertz CT molecular complexity index is 803. The largest absolute Gasteiger partial charge is 0.395 e. The first-order valence-corrected chi connectivity index (χ1v) is 11.0. The van der Waals surface area contributed by atoms with Crippen molar-refractivity contribution in [3.05, 3.63) is 34.4 Å². The topological polar surface area (TPSA) is 163 Å². The summed E-state index contributed by atoms with van der Waals surface area (Å²) in [6.07, 6.45) is -1.74. The van der Waals surface area contributed by atoms with Crippen molar-refractivity contribution in [2.75, 3.05) is 63.1 Å². The number of nitrogens with one attached hydrogen (secondary N) is 4. The Hall–Kier alpha value is -2.34. The molecular weight excluding hydrogens is 416 g/mol. The molecule has 1 aromatic carbocycles. The van der Waals surface area contributed by atoms with Gasteiger partial charge in [0, 0.05) is 61.8 Å². The van der Waals surface area contributed by atoms with E-state index in [2.05, 4.69) is 21.3 Å². The van der Waals surface area contributed by atoms with Crippen molar-refractivity contribution in [3.63, 3.8) is 0 Å². The first-order chi connectivity index (χ1) is 15.5. The Morgan fingerprint density at radius 3 is 1.47 bits per heavy atom. The summed E-state index contributed by atoms with van der Waals surface area (Å²) in [5.74, 6) is -0.901. The average molecular weight is 449 g/mol. The summed E-state index contributed by atoms with van der Waals surface area (Å²) >= 11 is 0. The zero-order valence-corrected chi connectivity index (χ0v) is 18.0. The molecule has 32 heavy (non-hydrogen) atoms. The number of hydrogen-bond acceptors (Lipinski definition) is 10. The molecule has 10 nitrogen and oxygen atoms in total. The fourth-order valence-electron chi connectivity index (χ4n) is 4.13. The number of ketones is 2. The van der Waals surface area contributed by atoms with Crippen LogP contribution in [-0.4, -0.2) is 96.7 Å². The van der Waals surface area contributed by atoms with Crippen LogP contribution in [-0.2, 0) is 0 Å². The van der Waals surface area contributed by atoms with Crippen LogP contribution < -0.4 is 21.3 Å². The molecule has 0 aliphatic heterocycles. The summed E-state index contributed by atoms with van der Waals surface area (Å²) in [6.45, 7) is 2.95. The van der Waals surface area contributed by atoms with Gasteiger partial charge in [0.1, 0.15) is 0 Å². The van der Waals surface area contributed by atoms with Gasteiger partial charge in [0.25, 0.3) is 0 Å². The minimum atomic E-state index is -1.09. The maximum atomic E-state index is 13.4. The second kappa shape index (κ2) is 11.5. The molecule has 0 fully saturated rings. The number of aliphatic hydroxyl groups excluding tert-OH is 4. The van der Waals surface area contributed by atoms with E-state index in [0.717, 1.165) is 0 Å². The predicted octanol–water partition coefficient (Wildman–Crippen LogP) is -1.13. The Kier molecular flexibility index (Phi) is 8.74. The van der Waals surface area contributed by atoms with E-state index < -0.39 is 23.8 Å². The summed E-state index contributed by atoms with van der Waals surface area (Å²) in [4.78, 5) is 26.9. The van der Waals surface area contributed by atoms with Crippen LogP contribution in [0.5, 0.6) is 0 Å². The van der Waals surface area contributed by atoms with Crippen LogP contribution in [0.15, 0.2) is 23.3 Å². The minimum Gasteiger partial charge on any atom is -0.395 e. The Morgan fingerprint density at radius 2 is 1.09 bits per heavy atom. The molecule has 0 amide bonds.